The van der Waals surface area contributed by atoms with Crippen molar-refractivity contribution in [3.05, 3.63) is 65.2 Å². The van der Waals surface area contributed by atoms with Crippen molar-refractivity contribution in [2.24, 2.45) is 0 Å². The molecule has 0 bridgehead atoms. The lowest BCUT2D eigenvalue weighted by molar-refractivity contribution is -0.136. The molecule has 2 aromatic carbocycles. The number of nitrogens with zero attached hydrogens (tertiary/aromatic N) is 1. The summed E-state index contributed by atoms with van der Waals surface area (Å²) in [6.45, 7) is 9.98. The first-order valence-corrected chi connectivity index (χ1v) is 21.6. The van der Waals surface area contributed by atoms with Crippen molar-refractivity contribution < 1.29 is 80.8 Å². The second kappa shape index (κ2) is 33.1. The molecule has 0 radical (unpaired) electrons. The Bertz CT molecular complexity index is 1650. The van der Waals surface area contributed by atoms with Crippen LogP contribution in [-0.4, -0.2) is 199 Å². The molecule has 20 heteroatoms. The van der Waals surface area contributed by atoms with E-state index in [-0.39, 0.29) is 36.5 Å². The number of piperidine rings is 1. The van der Waals surface area contributed by atoms with Gasteiger partial charge in [-0.05, 0) is 30.7 Å². The molecule has 0 spiro atoms. The standard InChI is InChI=1S/C44H63N3O17/c48-39-10-9-38(41(49)46-39)47-42(50)36-7-4-8-37(40(36)43(47)51)45-11-12-53-13-14-54-15-16-55-17-18-56-19-20-57-21-22-58-23-24-59-25-26-60-27-28-61-29-30-62-31-32-63-33-34-64-44(52)35-5-2-1-3-6-35/h1-8,38,45H,9-34H2,(H,46,48,49). The number of anilines is 1. The van der Waals surface area contributed by atoms with Gasteiger partial charge in [-0.3, -0.25) is 29.4 Å². The highest BCUT2D eigenvalue weighted by Gasteiger charge is 2.45. The summed E-state index contributed by atoms with van der Waals surface area (Å²) in [5.74, 6) is -2.55. The van der Waals surface area contributed by atoms with E-state index in [2.05, 4.69) is 10.6 Å². The fourth-order valence-electron chi connectivity index (χ4n) is 6.07. The third-order valence-corrected chi connectivity index (χ3v) is 9.22. The van der Waals surface area contributed by atoms with Crippen molar-refractivity contribution in [3.63, 3.8) is 0 Å². The molecular weight excluding hydrogens is 842 g/mol. The molecule has 0 saturated carbocycles. The van der Waals surface area contributed by atoms with Gasteiger partial charge in [-0.2, -0.15) is 0 Å². The Kier molecular flexibility index (Phi) is 27.0. The maximum absolute atomic E-state index is 13.2. The van der Waals surface area contributed by atoms with Crippen molar-refractivity contribution in [1.29, 1.82) is 0 Å². The number of carbonyl (C=O) groups is 5. The molecule has 1 unspecified atom stereocenters. The quantitative estimate of drug-likeness (QED) is 0.0552. The van der Waals surface area contributed by atoms with Crippen LogP contribution in [0.15, 0.2) is 48.5 Å². The third-order valence-electron chi connectivity index (χ3n) is 9.22. The molecule has 1 saturated heterocycles. The highest BCUT2D eigenvalue weighted by molar-refractivity contribution is 6.25. The van der Waals surface area contributed by atoms with Gasteiger partial charge in [0, 0.05) is 18.7 Å². The minimum Gasteiger partial charge on any atom is -0.460 e. The maximum atomic E-state index is 13.2. The molecule has 2 aliphatic heterocycles. The Hall–Kier alpha value is -4.45. The van der Waals surface area contributed by atoms with Crippen LogP contribution >= 0.6 is 0 Å². The maximum Gasteiger partial charge on any atom is 0.338 e. The summed E-state index contributed by atoms with van der Waals surface area (Å²) in [6, 6.07) is 12.7. The molecule has 2 heterocycles. The molecule has 0 aliphatic carbocycles. The Morgan fingerprint density at radius 1 is 0.516 bits per heavy atom. The molecule has 356 valence electrons. The highest BCUT2D eigenvalue weighted by atomic mass is 16.6. The number of hydrogen-bond donors (Lipinski definition) is 2. The minimum atomic E-state index is -1.02. The molecule has 20 nitrogen and oxygen atoms in total. The first-order chi connectivity index (χ1) is 31.5. The normalized spacial score (nSPS) is 14.9. The van der Waals surface area contributed by atoms with E-state index in [4.69, 9.17) is 56.8 Å². The van der Waals surface area contributed by atoms with Crippen LogP contribution in [0.5, 0.6) is 0 Å². The molecule has 0 aromatic heterocycles. The number of imide groups is 2. The van der Waals surface area contributed by atoms with Crippen LogP contribution in [0.3, 0.4) is 0 Å². The zero-order valence-corrected chi connectivity index (χ0v) is 36.5. The van der Waals surface area contributed by atoms with E-state index in [9.17, 15) is 24.0 Å². The highest BCUT2D eigenvalue weighted by Crippen LogP contribution is 2.32. The number of fused-ring (bicyclic) bond motifs is 1. The number of hydrogen-bond acceptors (Lipinski definition) is 18. The fraction of sp³-hybridized carbons (Fsp3) is 0.614. The largest absolute Gasteiger partial charge is 0.460 e. The second-order valence-corrected chi connectivity index (χ2v) is 13.8. The zero-order valence-electron chi connectivity index (χ0n) is 36.5. The SMILES string of the molecule is O=C1CCC(N2C(=O)c3cccc(NCCOCCOCCOCCOCCOCCOCCOCCOCCOCCOCCOCCOC(=O)c4ccccc4)c3C2=O)C(=O)N1. The van der Waals surface area contributed by atoms with Gasteiger partial charge in [0.05, 0.1) is 162 Å². The first kappa shape index (κ1) is 52.2. The third kappa shape index (κ3) is 20.6. The van der Waals surface area contributed by atoms with Gasteiger partial charge in [0.25, 0.3) is 11.8 Å². The summed E-state index contributed by atoms with van der Waals surface area (Å²) in [5, 5.41) is 5.33. The van der Waals surface area contributed by atoms with E-state index < -0.39 is 29.7 Å². The molecule has 4 rings (SSSR count). The average molecular weight is 906 g/mol. The van der Waals surface area contributed by atoms with E-state index in [1.165, 1.54) is 0 Å². The monoisotopic (exact) mass is 905 g/mol. The summed E-state index contributed by atoms with van der Waals surface area (Å²) in [5.41, 5.74) is 1.41. The van der Waals surface area contributed by atoms with Gasteiger partial charge in [-0.15, -0.1) is 0 Å². The number of rotatable bonds is 39. The van der Waals surface area contributed by atoms with Crippen LogP contribution in [0.4, 0.5) is 5.69 Å². The Morgan fingerprint density at radius 3 is 1.38 bits per heavy atom. The lowest BCUT2D eigenvalue weighted by atomic mass is 10.0. The summed E-state index contributed by atoms with van der Waals surface area (Å²) >= 11 is 0. The predicted molar refractivity (Wildman–Crippen MR) is 227 cm³/mol. The summed E-state index contributed by atoms with van der Waals surface area (Å²) in [7, 11) is 0. The molecule has 2 aliphatic rings. The molecule has 1 atom stereocenters. The number of amides is 4. The summed E-state index contributed by atoms with van der Waals surface area (Å²) in [4.78, 5) is 62.7. The summed E-state index contributed by atoms with van der Waals surface area (Å²) < 4.78 is 65.6. The molecular formula is C44H63N3O17. The van der Waals surface area contributed by atoms with E-state index in [0.717, 1.165) is 4.90 Å². The van der Waals surface area contributed by atoms with Gasteiger partial charge in [-0.1, -0.05) is 24.3 Å². The van der Waals surface area contributed by atoms with Crippen molar-refractivity contribution in [2.45, 2.75) is 18.9 Å². The Balaban J connectivity index is 0.796. The van der Waals surface area contributed by atoms with Crippen LogP contribution in [0.2, 0.25) is 0 Å². The lowest BCUT2D eigenvalue weighted by Crippen LogP contribution is -2.54. The van der Waals surface area contributed by atoms with Crippen LogP contribution < -0.4 is 10.6 Å². The number of carbonyl (C=O) groups excluding carboxylic acids is 5. The van der Waals surface area contributed by atoms with Crippen LogP contribution in [0, 0.1) is 0 Å². The Morgan fingerprint density at radius 2 is 0.938 bits per heavy atom. The van der Waals surface area contributed by atoms with Crippen molar-refractivity contribution in [3.8, 4) is 0 Å². The average Bonchev–Trinajstić information content (AvgIpc) is 3.56. The fourth-order valence-corrected chi connectivity index (χ4v) is 6.07. The topological polar surface area (TPSA) is 223 Å². The van der Waals surface area contributed by atoms with Crippen LogP contribution in [-0.2, 0) is 66.4 Å². The predicted octanol–water partition coefficient (Wildman–Crippen LogP) is 1.54. The van der Waals surface area contributed by atoms with E-state index in [1.807, 2.05) is 6.07 Å². The number of ether oxygens (including phenoxy) is 12. The van der Waals surface area contributed by atoms with Gasteiger partial charge in [0.2, 0.25) is 11.8 Å². The van der Waals surface area contributed by atoms with Crippen LogP contribution in [0.25, 0.3) is 0 Å². The minimum absolute atomic E-state index is 0.0611. The number of nitrogens with one attached hydrogen (secondary N) is 2. The van der Waals surface area contributed by atoms with Gasteiger partial charge >= 0.3 is 5.97 Å². The van der Waals surface area contributed by atoms with E-state index in [1.54, 1.807) is 42.5 Å². The summed E-state index contributed by atoms with van der Waals surface area (Å²) in [6.07, 6.45) is 0.160. The van der Waals surface area contributed by atoms with Gasteiger partial charge in [0.1, 0.15) is 12.6 Å². The van der Waals surface area contributed by atoms with Gasteiger partial charge in [-0.25, -0.2) is 4.79 Å². The van der Waals surface area contributed by atoms with Gasteiger partial charge in [0.15, 0.2) is 0 Å². The lowest BCUT2D eigenvalue weighted by Gasteiger charge is -2.27. The Labute approximate surface area is 373 Å². The van der Waals surface area contributed by atoms with Crippen LogP contribution in [0.1, 0.15) is 43.9 Å². The molecule has 1 fully saturated rings. The van der Waals surface area contributed by atoms with E-state index in [0.29, 0.717) is 163 Å². The van der Waals surface area contributed by atoms with Gasteiger partial charge < -0.3 is 62.2 Å². The van der Waals surface area contributed by atoms with E-state index >= 15 is 0 Å². The molecule has 4 amide bonds. The molecule has 2 N–H and O–H groups in total. The van der Waals surface area contributed by atoms with Crippen molar-refractivity contribution in [2.75, 3.05) is 164 Å². The second-order valence-electron chi connectivity index (χ2n) is 13.8. The zero-order chi connectivity index (χ0) is 45.3. The van der Waals surface area contributed by atoms with Crippen molar-refractivity contribution >= 4 is 35.3 Å². The number of benzene rings is 2. The number of esters is 1. The molecule has 64 heavy (non-hydrogen) atoms. The first-order valence-electron chi connectivity index (χ1n) is 21.6. The molecule has 2 aromatic rings. The van der Waals surface area contributed by atoms with Crippen molar-refractivity contribution in [1.82, 2.24) is 10.2 Å². The smallest absolute Gasteiger partial charge is 0.338 e.